The SMILES string of the molecule is CC(C)(C)OC(=O)[C@H]([NH3+])CCCCCC[NH3+]. The Bertz CT molecular complexity index is 200. The first-order valence-electron chi connectivity index (χ1n) is 6.22. The second kappa shape index (κ2) is 7.63. The van der Waals surface area contributed by atoms with Gasteiger partial charge in [-0.25, -0.2) is 4.79 Å². The summed E-state index contributed by atoms with van der Waals surface area (Å²) >= 11 is 0. The molecule has 0 amide bonds. The van der Waals surface area contributed by atoms with Crippen molar-refractivity contribution in [3.05, 3.63) is 0 Å². The van der Waals surface area contributed by atoms with Crippen LogP contribution in [0, 0.1) is 0 Å². The molecule has 16 heavy (non-hydrogen) atoms. The van der Waals surface area contributed by atoms with E-state index in [0.29, 0.717) is 0 Å². The molecule has 4 nitrogen and oxygen atoms in total. The monoisotopic (exact) mass is 232 g/mol. The Balaban J connectivity index is 3.64. The van der Waals surface area contributed by atoms with E-state index in [9.17, 15) is 4.79 Å². The highest BCUT2D eigenvalue weighted by molar-refractivity contribution is 5.74. The van der Waals surface area contributed by atoms with Crippen molar-refractivity contribution in [3.63, 3.8) is 0 Å². The van der Waals surface area contributed by atoms with Gasteiger partial charge in [0.2, 0.25) is 0 Å². The van der Waals surface area contributed by atoms with Gasteiger partial charge in [-0.3, -0.25) is 0 Å². The first-order valence-corrected chi connectivity index (χ1v) is 6.22. The van der Waals surface area contributed by atoms with E-state index in [0.717, 1.165) is 25.8 Å². The third kappa shape index (κ3) is 8.68. The van der Waals surface area contributed by atoms with Gasteiger partial charge in [-0.2, -0.15) is 0 Å². The van der Waals surface area contributed by atoms with E-state index in [1.807, 2.05) is 20.8 Å². The molecule has 96 valence electrons. The smallest absolute Gasteiger partial charge is 0.365 e. The molecule has 0 saturated carbocycles. The van der Waals surface area contributed by atoms with Gasteiger partial charge in [-0.05, 0) is 40.0 Å². The van der Waals surface area contributed by atoms with Crippen molar-refractivity contribution in [1.82, 2.24) is 0 Å². The van der Waals surface area contributed by atoms with Crippen molar-refractivity contribution >= 4 is 5.97 Å². The summed E-state index contributed by atoms with van der Waals surface area (Å²) in [6, 6.07) is -0.223. The molecule has 1 atom stereocenters. The number of carbonyl (C=O) groups is 1. The first kappa shape index (κ1) is 15.4. The van der Waals surface area contributed by atoms with Crippen molar-refractivity contribution in [3.8, 4) is 0 Å². The van der Waals surface area contributed by atoms with Gasteiger partial charge in [-0.1, -0.05) is 6.42 Å². The Morgan fingerprint density at radius 1 is 1.19 bits per heavy atom. The van der Waals surface area contributed by atoms with Crippen LogP contribution in [0.5, 0.6) is 0 Å². The molecule has 0 saturated heterocycles. The molecule has 0 aliphatic rings. The van der Waals surface area contributed by atoms with Gasteiger partial charge in [0.05, 0.1) is 6.54 Å². The molecule has 0 aromatic carbocycles. The van der Waals surface area contributed by atoms with E-state index < -0.39 is 5.60 Å². The average molecular weight is 232 g/mol. The lowest BCUT2D eigenvalue weighted by atomic mass is 10.1. The average Bonchev–Trinajstić information content (AvgIpc) is 2.14. The summed E-state index contributed by atoms with van der Waals surface area (Å²) in [4.78, 5) is 11.6. The van der Waals surface area contributed by atoms with Crippen LogP contribution < -0.4 is 11.5 Å². The van der Waals surface area contributed by atoms with Crippen LogP contribution in [0.2, 0.25) is 0 Å². The molecule has 0 bridgehead atoms. The summed E-state index contributed by atoms with van der Waals surface area (Å²) in [7, 11) is 0. The van der Waals surface area contributed by atoms with Gasteiger partial charge in [0.15, 0.2) is 6.04 Å². The van der Waals surface area contributed by atoms with Crippen LogP contribution in [-0.2, 0) is 9.53 Å². The number of esters is 1. The Morgan fingerprint density at radius 2 is 1.75 bits per heavy atom. The minimum Gasteiger partial charge on any atom is -0.456 e. The van der Waals surface area contributed by atoms with E-state index in [4.69, 9.17) is 4.74 Å². The molecule has 0 heterocycles. The molecule has 0 rings (SSSR count). The summed E-state index contributed by atoms with van der Waals surface area (Å²) in [6.07, 6.45) is 5.41. The summed E-state index contributed by atoms with van der Waals surface area (Å²) in [5.74, 6) is -0.176. The highest BCUT2D eigenvalue weighted by Crippen LogP contribution is 2.10. The van der Waals surface area contributed by atoms with Crippen molar-refractivity contribution in [2.24, 2.45) is 0 Å². The van der Waals surface area contributed by atoms with Gasteiger partial charge in [-0.15, -0.1) is 0 Å². The summed E-state index contributed by atoms with van der Waals surface area (Å²) in [6.45, 7) is 6.64. The Hall–Kier alpha value is -0.610. The third-order valence-electron chi connectivity index (χ3n) is 2.29. The molecule has 0 unspecified atom stereocenters. The van der Waals surface area contributed by atoms with Gasteiger partial charge in [0.1, 0.15) is 5.60 Å². The molecular formula is C12H28N2O2+2. The molecule has 0 spiro atoms. The summed E-state index contributed by atoms with van der Waals surface area (Å²) in [5, 5.41) is 0. The quantitative estimate of drug-likeness (QED) is 0.483. The lowest BCUT2D eigenvalue weighted by Gasteiger charge is -2.20. The molecule has 0 aromatic heterocycles. The van der Waals surface area contributed by atoms with Gasteiger partial charge < -0.3 is 16.2 Å². The number of carbonyl (C=O) groups excluding carboxylic acids is 1. The van der Waals surface area contributed by atoms with Crippen LogP contribution >= 0.6 is 0 Å². The predicted octanol–water partition coefficient (Wildman–Crippen LogP) is 0.131. The molecule has 0 aliphatic heterocycles. The molecule has 0 fully saturated rings. The molecular weight excluding hydrogens is 204 g/mol. The second-order valence-corrected chi connectivity index (χ2v) is 5.29. The van der Waals surface area contributed by atoms with Crippen LogP contribution in [0.15, 0.2) is 0 Å². The standard InChI is InChI=1S/C12H26N2O2/c1-12(2,3)16-11(15)10(14)8-6-4-5-7-9-13/h10H,4-9,13-14H2,1-3H3/p+2/t10-/m1/s1. The maximum absolute atomic E-state index is 11.6. The summed E-state index contributed by atoms with van der Waals surface area (Å²) in [5.41, 5.74) is 7.25. The Morgan fingerprint density at radius 3 is 2.25 bits per heavy atom. The van der Waals surface area contributed by atoms with Gasteiger partial charge >= 0.3 is 5.97 Å². The van der Waals surface area contributed by atoms with E-state index in [1.54, 1.807) is 0 Å². The summed E-state index contributed by atoms with van der Waals surface area (Å²) < 4.78 is 5.27. The first-order chi connectivity index (χ1) is 7.37. The number of hydrogen-bond donors (Lipinski definition) is 2. The maximum Gasteiger partial charge on any atom is 0.365 e. The number of ether oxygens (including phenoxy) is 1. The molecule has 0 aliphatic carbocycles. The van der Waals surface area contributed by atoms with Gasteiger partial charge in [0, 0.05) is 6.42 Å². The Kier molecular flexibility index (Phi) is 7.34. The minimum absolute atomic E-state index is 0.176. The van der Waals surface area contributed by atoms with Crippen molar-refractivity contribution in [2.45, 2.75) is 64.5 Å². The zero-order chi connectivity index (χ0) is 12.6. The Labute approximate surface area is 98.7 Å². The van der Waals surface area contributed by atoms with Crippen LogP contribution in [0.25, 0.3) is 0 Å². The molecule has 0 aromatic rings. The minimum atomic E-state index is -0.402. The van der Waals surface area contributed by atoms with E-state index in [-0.39, 0.29) is 12.0 Å². The topological polar surface area (TPSA) is 81.6 Å². The number of quaternary nitrogens is 2. The number of rotatable bonds is 7. The van der Waals surface area contributed by atoms with Crippen LogP contribution in [-0.4, -0.2) is 24.2 Å². The fourth-order valence-electron chi connectivity index (χ4n) is 1.42. The normalized spacial score (nSPS) is 13.6. The van der Waals surface area contributed by atoms with Crippen molar-refractivity contribution in [2.75, 3.05) is 6.54 Å². The van der Waals surface area contributed by atoms with E-state index in [2.05, 4.69) is 11.5 Å². The lowest BCUT2D eigenvalue weighted by Crippen LogP contribution is -2.65. The molecule has 6 N–H and O–H groups in total. The van der Waals surface area contributed by atoms with Gasteiger partial charge in [0.25, 0.3) is 0 Å². The molecule has 0 radical (unpaired) electrons. The highest BCUT2D eigenvalue weighted by atomic mass is 16.6. The fourth-order valence-corrected chi connectivity index (χ4v) is 1.42. The van der Waals surface area contributed by atoms with E-state index in [1.165, 1.54) is 12.8 Å². The zero-order valence-corrected chi connectivity index (χ0v) is 11.1. The second-order valence-electron chi connectivity index (χ2n) is 5.29. The van der Waals surface area contributed by atoms with E-state index >= 15 is 0 Å². The van der Waals surface area contributed by atoms with Crippen molar-refractivity contribution < 1.29 is 21.0 Å². The fraction of sp³-hybridized carbons (Fsp3) is 0.917. The van der Waals surface area contributed by atoms with Crippen LogP contribution in [0.3, 0.4) is 0 Å². The number of unbranched alkanes of at least 4 members (excludes halogenated alkanes) is 3. The van der Waals surface area contributed by atoms with Crippen LogP contribution in [0.4, 0.5) is 0 Å². The largest absolute Gasteiger partial charge is 0.456 e. The highest BCUT2D eigenvalue weighted by Gasteiger charge is 2.24. The van der Waals surface area contributed by atoms with Crippen LogP contribution in [0.1, 0.15) is 52.9 Å². The number of hydrogen-bond acceptors (Lipinski definition) is 2. The van der Waals surface area contributed by atoms with Crippen molar-refractivity contribution in [1.29, 1.82) is 0 Å². The zero-order valence-electron chi connectivity index (χ0n) is 11.1. The third-order valence-corrected chi connectivity index (χ3v) is 2.29. The predicted molar refractivity (Wildman–Crippen MR) is 63.4 cm³/mol. The lowest BCUT2D eigenvalue weighted by molar-refractivity contribution is -0.411. The maximum atomic E-state index is 11.6. The molecule has 4 heteroatoms.